The number of unbranched alkanes of at least 4 members (excludes halogenated alkanes) is 8. The third kappa shape index (κ3) is 8.54. The molecule has 0 saturated heterocycles. The van der Waals surface area contributed by atoms with Gasteiger partial charge in [-0.1, -0.05) is 88.6 Å². The summed E-state index contributed by atoms with van der Waals surface area (Å²) in [6, 6.07) is 10.0. The van der Waals surface area contributed by atoms with Crippen LogP contribution in [0.5, 0.6) is 0 Å². The minimum absolute atomic E-state index is 0.0757. The SMILES string of the molecule is CCCCCCCCCCCC(OC=O)c1ccccc1. The fourth-order valence-electron chi connectivity index (χ4n) is 2.69. The molecule has 0 aliphatic heterocycles. The predicted octanol–water partition coefficient (Wildman–Crippen LogP) is 5.82. The summed E-state index contributed by atoms with van der Waals surface area (Å²) in [6.45, 7) is 2.83. The second-order valence-corrected chi connectivity index (χ2v) is 5.75. The van der Waals surface area contributed by atoms with Gasteiger partial charge in [0.05, 0.1) is 0 Å². The smallest absolute Gasteiger partial charge is 0.293 e. The van der Waals surface area contributed by atoms with Gasteiger partial charge in [0.1, 0.15) is 6.10 Å². The van der Waals surface area contributed by atoms with Gasteiger partial charge in [0.25, 0.3) is 6.47 Å². The van der Waals surface area contributed by atoms with Crippen LogP contribution in [0.25, 0.3) is 0 Å². The van der Waals surface area contributed by atoms with Crippen LogP contribution < -0.4 is 0 Å². The topological polar surface area (TPSA) is 26.3 Å². The lowest BCUT2D eigenvalue weighted by Crippen LogP contribution is -2.03. The molecule has 0 aromatic heterocycles. The van der Waals surface area contributed by atoms with Crippen LogP contribution in [-0.4, -0.2) is 6.47 Å². The van der Waals surface area contributed by atoms with Crippen LogP contribution in [0.2, 0.25) is 0 Å². The fourth-order valence-corrected chi connectivity index (χ4v) is 2.69. The highest BCUT2D eigenvalue weighted by atomic mass is 16.5. The standard InChI is InChI=1S/C19H30O2/c1-2-3-4-5-6-7-8-9-13-16-19(21-17-20)18-14-11-10-12-15-18/h10-12,14-15,17,19H,2-9,13,16H2,1H3. The first-order valence-corrected chi connectivity index (χ1v) is 8.52. The van der Waals surface area contributed by atoms with E-state index < -0.39 is 0 Å². The van der Waals surface area contributed by atoms with E-state index in [9.17, 15) is 4.79 Å². The molecule has 0 fully saturated rings. The number of rotatable bonds is 13. The average Bonchev–Trinajstić information content (AvgIpc) is 2.53. The monoisotopic (exact) mass is 290 g/mol. The third-order valence-corrected chi connectivity index (χ3v) is 3.96. The lowest BCUT2D eigenvalue weighted by atomic mass is 10.0. The van der Waals surface area contributed by atoms with Crippen LogP contribution in [0, 0.1) is 0 Å². The van der Waals surface area contributed by atoms with E-state index in [1.807, 2.05) is 30.3 Å². The molecule has 1 unspecified atom stereocenters. The minimum Gasteiger partial charge on any atom is -0.460 e. The van der Waals surface area contributed by atoms with Crippen molar-refractivity contribution in [2.75, 3.05) is 0 Å². The molecule has 0 saturated carbocycles. The van der Waals surface area contributed by atoms with Crippen molar-refractivity contribution < 1.29 is 9.53 Å². The lowest BCUT2D eigenvalue weighted by molar-refractivity contribution is -0.134. The van der Waals surface area contributed by atoms with Crippen molar-refractivity contribution in [2.24, 2.45) is 0 Å². The van der Waals surface area contributed by atoms with Crippen LogP contribution in [-0.2, 0) is 9.53 Å². The van der Waals surface area contributed by atoms with Gasteiger partial charge in [-0.2, -0.15) is 0 Å². The van der Waals surface area contributed by atoms with Crippen molar-refractivity contribution in [3.63, 3.8) is 0 Å². The molecule has 0 spiro atoms. The van der Waals surface area contributed by atoms with Crippen LogP contribution in [0.15, 0.2) is 30.3 Å². The van der Waals surface area contributed by atoms with Crippen molar-refractivity contribution in [3.05, 3.63) is 35.9 Å². The van der Waals surface area contributed by atoms with Gasteiger partial charge in [0, 0.05) is 0 Å². The van der Waals surface area contributed by atoms with Crippen LogP contribution in [0.4, 0.5) is 0 Å². The van der Waals surface area contributed by atoms with Gasteiger partial charge in [-0.3, -0.25) is 4.79 Å². The Balaban J connectivity index is 2.10. The highest BCUT2D eigenvalue weighted by Gasteiger charge is 2.11. The first-order chi connectivity index (χ1) is 10.4. The Hall–Kier alpha value is -1.31. The lowest BCUT2D eigenvalue weighted by Gasteiger charge is -2.15. The molecule has 1 aromatic carbocycles. The summed E-state index contributed by atoms with van der Waals surface area (Å²) in [5.74, 6) is 0. The summed E-state index contributed by atoms with van der Waals surface area (Å²) in [7, 11) is 0. The number of hydrogen-bond acceptors (Lipinski definition) is 2. The highest BCUT2D eigenvalue weighted by molar-refractivity contribution is 5.38. The molecule has 0 heterocycles. The quantitative estimate of drug-likeness (QED) is 0.338. The van der Waals surface area contributed by atoms with E-state index >= 15 is 0 Å². The Labute approximate surface area is 129 Å². The molecular weight excluding hydrogens is 260 g/mol. The van der Waals surface area contributed by atoms with Gasteiger partial charge in [0.15, 0.2) is 0 Å². The Kier molecular flexibility index (Phi) is 10.5. The second-order valence-electron chi connectivity index (χ2n) is 5.75. The zero-order valence-corrected chi connectivity index (χ0v) is 13.4. The molecule has 2 heteroatoms. The first-order valence-electron chi connectivity index (χ1n) is 8.52. The number of hydrogen-bond donors (Lipinski definition) is 0. The summed E-state index contributed by atoms with van der Waals surface area (Å²) in [6.07, 6.45) is 12.7. The molecule has 0 aliphatic carbocycles. The minimum atomic E-state index is -0.0757. The van der Waals surface area contributed by atoms with Crippen molar-refractivity contribution in [2.45, 2.75) is 77.2 Å². The second kappa shape index (κ2) is 12.4. The van der Waals surface area contributed by atoms with E-state index in [2.05, 4.69) is 6.92 Å². The van der Waals surface area contributed by atoms with Crippen molar-refractivity contribution in [3.8, 4) is 0 Å². The third-order valence-electron chi connectivity index (χ3n) is 3.96. The maximum atomic E-state index is 10.6. The molecule has 0 N–H and O–H groups in total. The van der Waals surface area contributed by atoms with Crippen molar-refractivity contribution >= 4 is 6.47 Å². The molecule has 0 aliphatic rings. The summed E-state index contributed by atoms with van der Waals surface area (Å²) in [4.78, 5) is 10.6. The molecule has 21 heavy (non-hydrogen) atoms. The number of carbonyl (C=O) groups excluding carboxylic acids is 1. The molecule has 118 valence electrons. The predicted molar refractivity (Wildman–Crippen MR) is 88.2 cm³/mol. The van der Waals surface area contributed by atoms with E-state index in [1.165, 1.54) is 51.4 Å². The van der Waals surface area contributed by atoms with Gasteiger partial charge >= 0.3 is 0 Å². The highest BCUT2D eigenvalue weighted by Crippen LogP contribution is 2.23. The van der Waals surface area contributed by atoms with E-state index in [1.54, 1.807) is 0 Å². The summed E-state index contributed by atoms with van der Waals surface area (Å²) in [5.41, 5.74) is 1.10. The van der Waals surface area contributed by atoms with E-state index in [0.717, 1.165) is 18.4 Å². The number of carbonyl (C=O) groups is 1. The largest absolute Gasteiger partial charge is 0.460 e. The van der Waals surface area contributed by atoms with Crippen molar-refractivity contribution in [1.29, 1.82) is 0 Å². The maximum absolute atomic E-state index is 10.6. The molecule has 0 radical (unpaired) electrons. The van der Waals surface area contributed by atoms with Gasteiger partial charge in [-0.05, 0) is 18.4 Å². The zero-order chi connectivity index (χ0) is 15.2. The Morgan fingerprint density at radius 3 is 2.05 bits per heavy atom. The van der Waals surface area contributed by atoms with Crippen LogP contribution >= 0.6 is 0 Å². The first kappa shape index (κ1) is 17.7. The van der Waals surface area contributed by atoms with E-state index in [-0.39, 0.29) is 6.10 Å². The van der Waals surface area contributed by atoms with E-state index in [4.69, 9.17) is 4.74 Å². The normalized spacial score (nSPS) is 12.0. The fraction of sp³-hybridized carbons (Fsp3) is 0.632. The summed E-state index contributed by atoms with van der Waals surface area (Å²) >= 11 is 0. The van der Waals surface area contributed by atoms with E-state index in [0.29, 0.717) is 6.47 Å². The Bertz CT molecular complexity index is 348. The molecule has 2 nitrogen and oxygen atoms in total. The Morgan fingerprint density at radius 1 is 0.905 bits per heavy atom. The zero-order valence-electron chi connectivity index (χ0n) is 13.4. The molecule has 1 atom stereocenters. The van der Waals surface area contributed by atoms with Gasteiger partial charge < -0.3 is 4.74 Å². The van der Waals surface area contributed by atoms with Crippen LogP contribution in [0.1, 0.15) is 82.8 Å². The summed E-state index contributed by atoms with van der Waals surface area (Å²) < 4.78 is 5.22. The number of benzene rings is 1. The maximum Gasteiger partial charge on any atom is 0.293 e. The molecule has 0 bridgehead atoms. The van der Waals surface area contributed by atoms with Gasteiger partial charge in [0.2, 0.25) is 0 Å². The van der Waals surface area contributed by atoms with Gasteiger partial charge in [-0.25, -0.2) is 0 Å². The average molecular weight is 290 g/mol. The molecule has 0 amide bonds. The van der Waals surface area contributed by atoms with Gasteiger partial charge in [-0.15, -0.1) is 0 Å². The molecular formula is C19H30O2. The van der Waals surface area contributed by atoms with Crippen molar-refractivity contribution in [1.82, 2.24) is 0 Å². The molecule has 1 aromatic rings. The summed E-state index contributed by atoms with van der Waals surface area (Å²) in [5, 5.41) is 0. The van der Waals surface area contributed by atoms with Crippen LogP contribution in [0.3, 0.4) is 0 Å². The number of ether oxygens (including phenoxy) is 1. The Morgan fingerprint density at radius 2 is 1.48 bits per heavy atom. The molecule has 1 rings (SSSR count).